The average Bonchev–Trinajstić information content (AvgIpc) is 2.92. The highest BCUT2D eigenvalue weighted by Gasteiger charge is 2.33. The maximum absolute atomic E-state index is 2.67. The molecule has 1 aromatic rings. The van der Waals surface area contributed by atoms with Crippen molar-refractivity contribution in [3.8, 4) is 0 Å². The minimum absolute atomic E-state index is 0.387. The van der Waals surface area contributed by atoms with Crippen LogP contribution in [-0.2, 0) is 12.8 Å². The molecule has 0 aliphatic carbocycles. The second-order valence-electron chi connectivity index (χ2n) is 15.2. The lowest BCUT2D eigenvalue weighted by atomic mass is 9.91. The maximum Gasteiger partial charge on any atom is 0.252 e. The summed E-state index contributed by atoms with van der Waals surface area (Å²) in [5.74, 6) is 0. The first-order valence-corrected chi connectivity index (χ1v) is 17.9. The zero-order chi connectivity index (χ0) is 36.2. The van der Waals surface area contributed by atoms with Gasteiger partial charge < -0.3 is 48.3 Å². The summed E-state index contributed by atoms with van der Waals surface area (Å²) in [6, 6.07) is 0.774. The number of benzene rings is 1. The predicted octanol–water partition coefficient (Wildman–Crippen LogP) is 3.67. The van der Waals surface area contributed by atoms with Crippen molar-refractivity contribution < 1.29 is 0 Å². The Balaban J connectivity index is 3.42. The van der Waals surface area contributed by atoms with E-state index in [1.807, 2.05) is 0 Å². The first-order chi connectivity index (χ1) is 21.6. The predicted molar refractivity (Wildman–Crippen MR) is 209 cm³/mol. The zero-order valence-electron chi connectivity index (χ0n) is 34.0. The van der Waals surface area contributed by atoms with Crippen LogP contribution in [0.25, 0.3) is 0 Å². The third kappa shape index (κ3) is 9.23. The van der Waals surface area contributed by atoms with Crippen LogP contribution in [0.3, 0.4) is 0 Å². The van der Waals surface area contributed by atoms with Gasteiger partial charge in [-0.15, -0.1) is 0 Å². The topological polar surface area (TPSA) is 32.4 Å². The minimum Gasteiger partial charge on any atom is -0.379 e. The number of likely N-dealkylation sites (N-methyl/N-ethyl adjacent to an activating group) is 4. The molecule has 0 atom stereocenters. The molecule has 268 valence electrons. The Bertz CT molecular complexity index is 1120. The lowest BCUT2D eigenvalue weighted by Gasteiger charge is -2.38. The van der Waals surface area contributed by atoms with Gasteiger partial charge in [0.1, 0.15) is 0 Å². The number of nitrogens with zero attached hydrogens (tertiary/aromatic N) is 10. The molecule has 0 N–H and O–H groups in total. The van der Waals surface area contributed by atoms with E-state index in [2.05, 4.69) is 189 Å². The molecule has 0 amide bonds. The highest BCUT2D eigenvalue weighted by Crippen LogP contribution is 2.50. The van der Waals surface area contributed by atoms with Crippen LogP contribution in [0.4, 0.5) is 22.7 Å². The van der Waals surface area contributed by atoms with Crippen molar-refractivity contribution in [3.63, 3.8) is 0 Å². The van der Waals surface area contributed by atoms with Crippen LogP contribution in [0.5, 0.6) is 0 Å². The van der Waals surface area contributed by atoms with Crippen molar-refractivity contribution in [2.75, 3.05) is 145 Å². The minimum atomic E-state index is 0.387. The van der Waals surface area contributed by atoms with Gasteiger partial charge in [-0.1, -0.05) is 27.7 Å². The Kier molecular flexibility index (Phi) is 14.2. The maximum atomic E-state index is 2.67. The second kappa shape index (κ2) is 16.6. The van der Waals surface area contributed by atoms with E-state index in [0.29, 0.717) is 21.9 Å². The van der Waals surface area contributed by atoms with Gasteiger partial charge in [0.05, 0.1) is 22.7 Å². The van der Waals surface area contributed by atoms with Gasteiger partial charge in [-0.2, -0.15) is 0 Å². The van der Waals surface area contributed by atoms with E-state index < -0.39 is 0 Å². The second-order valence-corrected chi connectivity index (χ2v) is 16.5. The van der Waals surface area contributed by atoms with Gasteiger partial charge in [-0.3, -0.25) is 0 Å². The van der Waals surface area contributed by atoms with Crippen molar-refractivity contribution in [2.45, 2.75) is 52.6 Å². The molecule has 0 unspecified atom stereocenters. The quantitative estimate of drug-likeness (QED) is 0.344. The third-order valence-electron chi connectivity index (χ3n) is 9.04. The van der Waals surface area contributed by atoms with E-state index in [4.69, 9.17) is 0 Å². The van der Waals surface area contributed by atoms with Crippen molar-refractivity contribution >= 4 is 32.6 Å². The summed E-state index contributed by atoms with van der Waals surface area (Å²) >= 11 is 0. The summed E-state index contributed by atoms with van der Waals surface area (Å²) in [5.41, 5.74) is 13.2. The van der Waals surface area contributed by atoms with Crippen molar-refractivity contribution in [2.24, 2.45) is 0 Å². The fraction of sp³-hybridized carbons (Fsp3) is 0.722. The molecular weight excluding hydrogens is 601 g/mol. The van der Waals surface area contributed by atoms with Gasteiger partial charge in [0, 0.05) is 173 Å². The van der Waals surface area contributed by atoms with Crippen LogP contribution < -0.4 is 19.6 Å². The fourth-order valence-electron chi connectivity index (χ4n) is 6.57. The molecule has 0 saturated carbocycles. The molecule has 0 fully saturated rings. The van der Waals surface area contributed by atoms with Crippen molar-refractivity contribution in [1.29, 1.82) is 0 Å². The van der Waals surface area contributed by atoms with E-state index in [9.17, 15) is 0 Å². The lowest BCUT2D eigenvalue weighted by molar-refractivity contribution is 0.281. The van der Waals surface area contributed by atoms with Crippen LogP contribution in [-0.4, -0.2) is 177 Å². The molecule has 0 aromatic heterocycles. The van der Waals surface area contributed by atoms with E-state index in [1.54, 1.807) is 0 Å². The molecule has 47 heavy (non-hydrogen) atoms. The number of hydrogen-bond acceptors (Lipinski definition) is 10. The monoisotopic (exact) mass is 671 g/mol. The lowest BCUT2D eigenvalue weighted by Crippen LogP contribution is -2.51. The van der Waals surface area contributed by atoms with Gasteiger partial charge in [-0.05, 0) is 12.1 Å². The van der Waals surface area contributed by atoms with Gasteiger partial charge in [-0.25, -0.2) is 0 Å². The molecule has 11 heteroatoms. The Morgan fingerprint density at radius 3 is 0.787 bits per heavy atom. The Hall–Kier alpha value is -2.76. The van der Waals surface area contributed by atoms with Crippen molar-refractivity contribution in [3.05, 3.63) is 33.9 Å². The Morgan fingerprint density at radius 1 is 0.383 bits per heavy atom. The number of anilines is 4. The SMILES string of the molecule is CC(C)N1C/C(N(C)C)=C(/N(C)C)Cc2c(N(C)C)c(N(C)C)c(c(N(C)C)c2N(C)C)C/C(N(C)C)=C(/N(C)C)CN(C(C)C)[Si]1. The summed E-state index contributed by atoms with van der Waals surface area (Å²) in [6.07, 6.45) is 1.62. The highest BCUT2D eigenvalue weighted by atomic mass is 28.2. The van der Waals surface area contributed by atoms with E-state index in [-0.39, 0.29) is 0 Å². The van der Waals surface area contributed by atoms with E-state index in [1.165, 1.54) is 56.7 Å². The normalized spacial score (nSPS) is 18.8. The molecule has 2 radical (unpaired) electrons. The Labute approximate surface area is 292 Å². The largest absolute Gasteiger partial charge is 0.379 e. The smallest absolute Gasteiger partial charge is 0.252 e. The molecule has 2 heterocycles. The van der Waals surface area contributed by atoms with E-state index >= 15 is 0 Å². The number of rotatable bonds is 10. The summed E-state index contributed by atoms with van der Waals surface area (Å²) < 4.78 is 5.33. The molecular formula is C36H70N10Si. The summed E-state index contributed by atoms with van der Waals surface area (Å²) in [6.45, 7) is 11.1. The molecule has 1 aromatic carbocycles. The van der Waals surface area contributed by atoms with Gasteiger partial charge >= 0.3 is 0 Å². The first kappa shape index (κ1) is 40.4. The molecule has 2 aliphatic rings. The molecule has 2 aliphatic heterocycles. The van der Waals surface area contributed by atoms with Crippen LogP contribution in [0.1, 0.15) is 38.8 Å². The number of fused-ring (bicyclic) bond motifs is 10. The summed E-state index contributed by atoms with van der Waals surface area (Å²) in [5, 5.41) is 0. The van der Waals surface area contributed by atoms with Crippen LogP contribution in [0, 0.1) is 0 Å². The van der Waals surface area contributed by atoms with Crippen LogP contribution in [0.15, 0.2) is 22.8 Å². The highest BCUT2D eigenvalue weighted by molar-refractivity contribution is 6.28. The first-order valence-electron chi connectivity index (χ1n) is 17.0. The van der Waals surface area contributed by atoms with Gasteiger partial charge in [0.15, 0.2) is 0 Å². The third-order valence-corrected chi connectivity index (χ3v) is 10.9. The van der Waals surface area contributed by atoms with Crippen LogP contribution >= 0.6 is 0 Å². The summed E-state index contributed by atoms with van der Waals surface area (Å²) in [7, 11) is 35.9. The number of allylic oxidation sites excluding steroid dienone is 2. The molecule has 2 bridgehead atoms. The fourth-order valence-corrected chi connectivity index (χ4v) is 7.80. The molecule has 10 nitrogen and oxygen atoms in total. The standard InChI is InChI=1S/C36H70N10Si/c1-25(2)45-23-31(39(9)10)29(37(5)6)21-27-33(41(13)14)35(43(17)18)28(36(44(19)20)34(27)42(15)16)22-30(38(7)8)32(40(11)12)24-46(47-45)26(3)4/h25-26H,21-24H2,1-20H3/b31-29-,32-30-. The number of hydrogen-bond donors (Lipinski definition) is 0. The summed E-state index contributed by atoms with van der Waals surface area (Å²) in [4.78, 5) is 18.8. The van der Waals surface area contributed by atoms with Crippen LogP contribution in [0.2, 0.25) is 0 Å². The van der Waals surface area contributed by atoms with Gasteiger partial charge in [0.2, 0.25) is 0 Å². The van der Waals surface area contributed by atoms with Crippen molar-refractivity contribution in [1.82, 2.24) is 28.7 Å². The molecule has 0 saturated heterocycles. The molecule has 3 rings (SSSR count). The van der Waals surface area contributed by atoms with E-state index in [0.717, 1.165) is 25.9 Å². The average molecular weight is 671 g/mol. The molecule has 0 spiro atoms. The van der Waals surface area contributed by atoms with Gasteiger partial charge in [0.25, 0.3) is 9.84 Å². The zero-order valence-corrected chi connectivity index (χ0v) is 35.0. The Morgan fingerprint density at radius 2 is 0.617 bits per heavy atom.